The molecule has 1 aromatic rings. The fourth-order valence-corrected chi connectivity index (χ4v) is 6.43. The zero-order valence-electron chi connectivity index (χ0n) is 15.1. The van der Waals surface area contributed by atoms with Gasteiger partial charge in [0, 0.05) is 15.4 Å². The van der Waals surface area contributed by atoms with E-state index in [1.54, 1.807) is 24.3 Å². The molecule has 4 nitrogen and oxygen atoms in total. The minimum atomic E-state index is -3.32. The molecule has 0 heterocycles. The SMILES string of the molecule is CC(C)(C)C(=O)NC12CCC(CS(=O)(=O)c3ccc(Br)cc3)(CC1)C2. The molecule has 25 heavy (non-hydrogen) atoms. The lowest BCUT2D eigenvalue weighted by atomic mass is 9.85. The van der Waals surface area contributed by atoms with Gasteiger partial charge in [-0.2, -0.15) is 0 Å². The molecule has 2 aliphatic rings. The summed E-state index contributed by atoms with van der Waals surface area (Å²) in [5, 5.41) is 3.24. The summed E-state index contributed by atoms with van der Waals surface area (Å²) < 4.78 is 26.6. The average Bonchev–Trinajstić information content (AvgIpc) is 3.01. The fraction of sp³-hybridized carbons (Fsp3) is 0.632. The van der Waals surface area contributed by atoms with Gasteiger partial charge in [0.05, 0.1) is 10.6 Å². The standard InChI is InChI=1S/C19H26BrNO3S/c1-17(2,3)16(22)21-19-10-8-18(12-19,9-11-19)13-25(23,24)15-6-4-14(20)5-7-15/h4-7H,8-13H2,1-3H3,(H,21,22). The van der Waals surface area contributed by atoms with Gasteiger partial charge in [-0.25, -0.2) is 8.42 Å². The summed E-state index contributed by atoms with van der Waals surface area (Å²) in [5.41, 5.74) is -0.831. The van der Waals surface area contributed by atoms with Crippen LogP contribution < -0.4 is 5.32 Å². The highest BCUT2D eigenvalue weighted by Gasteiger charge is 2.56. The second-order valence-corrected chi connectivity index (χ2v) is 11.8. The zero-order chi connectivity index (χ0) is 18.5. The minimum Gasteiger partial charge on any atom is -0.350 e. The summed E-state index contributed by atoms with van der Waals surface area (Å²) in [4.78, 5) is 12.8. The van der Waals surface area contributed by atoms with Gasteiger partial charge in [-0.3, -0.25) is 4.79 Å². The molecule has 6 heteroatoms. The smallest absolute Gasteiger partial charge is 0.225 e. The summed E-state index contributed by atoms with van der Waals surface area (Å²) in [6.45, 7) is 5.73. The molecule has 138 valence electrons. The lowest BCUT2D eigenvalue weighted by molar-refractivity contribution is -0.130. The summed E-state index contributed by atoms with van der Waals surface area (Å²) in [6.07, 6.45) is 4.27. The van der Waals surface area contributed by atoms with E-state index in [1.807, 2.05) is 20.8 Å². The average molecular weight is 428 g/mol. The molecule has 0 unspecified atom stereocenters. The third-order valence-electron chi connectivity index (χ3n) is 5.71. The van der Waals surface area contributed by atoms with Gasteiger partial charge in [0.2, 0.25) is 5.91 Å². The van der Waals surface area contributed by atoms with Crippen LogP contribution in [0.5, 0.6) is 0 Å². The van der Waals surface area contributed by atoms with Crippen molar-refractivity contribution in [3.8, 4) is 0 Å². The van der Waals surface area contributed by atoms with Crippen molar-refractivity contribution in [3.05, 3.63) is 28.7 Å². The normalized spacial score (nSPS) is 29.0. The maximum atomic E-state index is 12.9. The number of halogens is 1. The number of hydrogen-bond acceptors (Lipinski definition) is 3. The maximum Gasteiger partial charge on any atom is 0.225 e. The molecule has 1 aromatic carbocycles. The van der Waals surface area contributed by atoms with Crippen LogP contribution >= 0.6 is 15.9 Å². The van der Waals surface area contributed by atoms with E-state index in [0.29, 0.717) is 4.90 Å². The lowest BCUT2D eigenvalue weighted by Gasteiger charge is -2.31. The predicted molar refractivity (Wildman–Crippen MR) is 102 cm³/mol. The second-order valence-electron chi connectivity index (χ2n) is 8.87. The third kappa shape index (κ3) is 3.80. The van der Waals surface area contributed by atoms with Crippen molar-refractivity contribution in [1.82, 2.24) is 5.32 Å². The van der Waals surface area contributed by atoms with E-state index in [0.717, 1.165) is 36.6 Å². The van der Waals surface area contributed by atoms with Crippen molar-refractivity contribution in [3.63, 3.8) is 0 Å². The molecule has 1 amide bonds. The molecule has 0 radical (unpaired) electrons. The Bertz CT molecular complexity index is 770. The van der Waals surface area contributed by atoms with Crippen molar-refractivity contribution in [2.24, 2.45) is 10.8 Å². The Balaban J connectivity index is 1.75. The first-order chi connectivity index (χ1) is 11.5. The van der Waals surface area contributed by atoms with E-state index in [4.69, 9.17) is 0 Å². The highest BCUT2D eigenvalue weighted by molar-refractivity contribution is 9.10. The van der Waals surface area contributed by atoms with Gasteiger partial charge < -0.3 is 5.32 Å². The Labute approximate surface area is 158 Å². The van der Waals surface area contributed by atoms with Crippen LogP contribution in [0.2, 0.25) is 0 Å². The van der Waals surface area contributed by atoms with Crippen LogP contribution in [-0.2, 0) is 14.6 Å². The maximum absolute atomic E-state index is 12.9. The van der Waals surface area contributed by atoms with Gasteiger partial charge in [-0.1, -0.05) is 36.7 Å². The van der Waals surface area contributed by atoms with Crippen molar-refractivity contribution < 1.29 is 13.2 Å². The molecule has 0 spiro atoms. The zero-order valence-corrected chi connectivity index (χ0v) is 17.5. The first-order valence-electron chi connectivity index (χ1n) is 8.77. The van der Waals surface area contributed by atoms with E-state index >= 15 is 0 Å². The number of nitrogens with one attached hydrogen (secondary N) is 1. The van der Waals surface area contributed by atoms with Crippen molar-refractivity contribution in [1.29, 1.82) is 0 Å². The summed E-state index contributed by atoms with van der Waals surface area (Å²) in [6, 6.07) is 6.85. The molecule has 2 bridgehead atoms. The van der Waals surface area contributed by atoms with E-state index in [9.17, 15) is 13.2 Å². The second kappa shape index (κ2) is 6.08. The molecular weight excluding hydrogens is 402 g/mol. The lowest BCUT2D eigenvalue weighted by Crippen LogP contribution is -2.49. The van der Waals surface area contributed by atoms with Gasteiger partial charge in [0.1, 0.15) is 0 Å². The molecule has 1 N–H and O–H groups in total. The minimum absolute atomic E-state index is 0.0565. The number of carbonyl (C=O) groups excluding carboxylic acids is 1. The molecule has 0 aromatic heterocycles. The molecule has 0 aliphatic heterocycles. The quantitative estimate of drug-likeness (QED) is 0.786. The molecule has 3 rings (SSSR count). The van der Waals surface area contributed by atoms with Crippen LogP contribution in [0.25, 0.3) is 0 Å². The number of carbonyl (C=O) groups is 1. The van der Waals surface area contributed by atoms with Gasteiger partial charge >= 0.3 is 0 Å². The fourth-order valence-electron chi connectivity index (χ4n) is 4.25. The van der Waals surface area contributed by atoms with Crippen molar-refractivity contribution >= 4 is 31.7 Å². The van der Waals surface area contributed by atoms with E-state index < -0.39 is 15.3 Å². The molecule has 0 atom stereocenters. The highest BCUT2D eigenvalue weighted by Crippen LogP contribution is 2.57. The number of benzene rings is 1. The summed E-state index contributed by atoms with van der Waals surface area (Å²) >= 11 is 3.34. The van der Waals surface area contributed by atoms with Gasteiger partial charge in [-0.15, -0.1) is 0 Å². The van der Waals surface area contributed by atoms with Crippen molar-refractivity contribution in [2.45, 2.75) is 63.3 Å². The third-order valence-corrected chi connectivity index (χ3v) is 8.22. The summed E-state index contributed by atoms with van der Waals surface area (Å²) in [5.74, 6) is 0.232. The Hall–Kier alpha value is -0.880. The number of rotatable bonds is 4. The topological polar surface area (TPSA) is 63.2 Å². The van der Waals surface area contributed by atoms with Crippen LogP contribution in [0.1, 0.15) is 52.9 Å². The Morgan fingerprint density at radius 3 is 2.20 bits per heavy atom. The summed E-state index contributed by atoms with van der Waals surface area (Å²) in [7, 11) is -3.32. The van der Waals surface area contributed by atoms with Gasteiger partial charge in [0.15, 0.2) is 9.84 Å². The van der Waals surface area contributed by atoms with Crippen LogP contribution in [-0.4, -0.2) is 25.6 Å². The Morgan fingerprint density at radius 2 is 1.68 bits per heavy atom. The van der Waals surface area contributed by atoms with Gasteiger partial charge in [-0.05, 0) is 61.8 Å². The number of hydrogen-bond donors (Lipinski definition) is 1. The van der Waals surface area contributed by atoms with Crippen molar-refractivity contribution in [2.75, 3.05) is 5.75 Å². The van der Waals surface area contributed by atoms with Gasteiger partial charge in [0.25, 0.3) is 0 Å². The van der Waals surface area contributed by atoms with Crippen LogP contribution in [0.15, 0.2) is 33.6 Å². The molecule has 2 aliphatic carbocycles. The predicted octanol–water partition coefficient (Wildman–Crippen LogP) is 4.09. The Morgan fingerprint density at radius 1 is 1.12 bits per heavy atom. The number of fused-ring (bicyclic) bond motifs is 2. The molecule has 2 fully saturated rings. The van der Waals surface area contributed by atoms with Crippen LogP contribution in [0, 0.1) is 10.8 Å². The molecular formula is C19H26BrNO3S. The first-order valence-corrected chi connectivity index (χ1v) is 11.2. The first kappa shape index (κ1) is 18.9. The highest BCUT2D eigenvalue weighted by atomic mass is 79.9. The van der Waals surface area contributed by atoms with E-state index in [2.05, 4.69) is 21.2 Å². The number of sulfone groups is 1. The largest absolute Gasteiger partial charge is 0.350 e. The van der Waals surface area contributed by atoms with E-state index in [1.165, 1.54) is 0 Å². The van der Waals surface area contributed by atoms with Crippen LogP contribution in [0.4, 0.5) is 0 Å². The molecule has 0 saturated heterocycles. The monoisotopic (exact) mass is 427 g/mol. The van der Waals surface area contributed by atoms with E-state index in [-0.39, 0.29) is 22.6 Å². The molecule has 2 saturated carbocycles. The Kier molecular flexibility index (Phi) is 4.60. The van der Waals surface area contributed by atoms with Crippen LogP contribution in [0.3, 0.4) is 0 Å². The number of amides is 1.